The molecule has 1 N–H and O–H groups in total. The summed E-state index contributed by atoms with van der Waals surface area (Å²) >= 11 is 0. The summed E-state index contributed by atoms with van der Waals surface area (Å²) < 4.78 is 13.0. The summed E-state index contributed by atoms with van der Waals surface area (Å²) in [5.74, 6) is 2.03. The highest BCUT2D eigenvalue weighted by Crippen LogP contribution is 2.40. The number of hydrogen-bond acceptors (Lipinski definition) is 4. The second kappa shape index (κ2) is 5.76. The van der Waals surface area contributed by atoms with E-state index in [-0.39, 0.29) is 5.82 Å². The van der Waals surface area contributed by atoms with Gasteiger partial charge in [0.25, 0.3) is 0 Å². The third-order valence-corrected chi connectivity index (χ3v) is 5.96. The summed E-state index contributed by atoms with van der Waals surface area (Å²) in [6.07, 6.45) is 10.4. The van der Waals surface area contributed by atoms with E-state index in [4.69, 9.17) is 0 Å². The van der Waals surface area contributed by atoms with Crippen LogP contribution < -0.4 is 10.2 Å². The second-order valence-electron chi connectivity index (χ2n) is 7.40. The molecule has 0 spiro atoms. The van der Waals surface area contributed by atoms with Gasteiger partial charge < -0.3 is 10.2 Å². The first-order valence-electron chi connectivity index (χ1n) is 8.69. The van der Waals surface area contributed by atoms with Gasteiger partial charge in [-0.15, -0.1) is 0 Å². The second-order valence-corrected chi connectivity index (χ2v) is 7.40. The molecule has 0 aromatic carbocycles. The minimum atomic E-state index is -0.364. The number of aromatic nitrogens is 2. The first kappa shape index (κ1) is 14.4. The fourth-order valence-electron chi connectivity index (χ4n) is 4.87. The zero-order valence-corrected chi connectivity index (χ0v) is 13.2. The molecule has 3 saturated heterocycles. The Morgan fingerprint density at radius 1 is 1.05 bits per heavy atom. The highest BCUT2D eigenvalue weighted by atomic mass is 19.1. The van der Waals surface area contributed by atoms with Gasteiger partial charge >= 0.3 is 0 Å². The molecule has 5 heteroatoms. The summed E-state index contributed by atoms with van der Waals surface area (Å²) in [6.45, 7) is 3.26. The normalized spacial score (nSPS) is 38.3. The largest absolute Gasteiger partial charge is 0.338 e. The summed E-state index contributed by atoms with van der Waals surface area (Å²) in [5, 5.41) is 3.74. The highest BCUT2D eigenvalue weighted by Gasteiger charge is 2.39. The molecule has 0 radical (unpaired) electrons. The monoisotopic (exact) mass is 304 g/mol. The maximum absolute atomic E-state index is 13.0. The molecule has 3 aliphatic rings. The first-order valence-corrected chi connectivity index (χ1v) is 8.69. The lowest BCUT2D eigenvalue weighted by atomic mass is 9.75. The van der Waals surface area contributed by atoms with Gasteiger partial charge in [0.15, 0.2) is 5.82 Å². The van der Waals surface area contributed by atoms with Gasteiger partial charge in [0.2, 0.25) is 5.95 Å². The van der Waals surface area contributed by atoms with E-state index in [1.165, 1.54) is 50.9 Å². The van der Waals surface area contributed by atoms with Crippen molar-refractivity contribution in [2.45, 2.75) is 63.6 Å². The Morgan fingerprint density at radius 3 is 2.36 bits per heavy atom. The average molecular weight is 304 g/mol. The molecule has 2 bridgehead atoms. The van der Waals surface area contributed by atoms with Crippen molar-refractivity contribution in [3.8, 4) is 0 Å². The zero-order chi connectivity index (χ0) is 15.1. The standard InChI is InChI=1S/C17H25FN4/c1-11-6-12(13-7-15-2-3-16(8-13)21-15)4-5-22(11)17-19-9-14(18)10-20-17/h9-13,15-16,21H,2-8H2,1H3/t11-,12-,13?,15-,16+/m0/s1. The minimum Gasteiger partial charge on any atom is -0.338 e. The lowest BCUT2D eigenvalue weighted by Gasteiger charge is -2.43. The van der Waals surface area contributed by atoms with Crippen LogP contribution in [0.25, 0.3) is 0 Å². The number of halogens is 1. The maximum Gasteiger partial charge on any atom is 0.225 e. The van der Waals surface area contributed by atoms with Gasteiger partial charge in [-0.25, -0.2) is 14.4 Å². The van der Waals surface area contributed by atoms with Crippen LogP contribution in [-0.2, 0) is 0 Å². The number of nitrogens with one attached hydrogen (secondary N) is 1. The molecule has 120 valence electrons. The number of hydrogen-bond donors (Lipinski definition) is 1. The predicted octanol–water partition coefficient (Wildman–Crippen LogP) is 2.75. The number of piperidine rings is 2. The van der Waals surface area contributed by atoms with E-state index in [0.717, 1.165) is 30.5 Å². The quantitative estimate of drug-likeness (QED) is 0.912. The van der Waals surface area contributed by atoms with Crippen LogP contribution >= 0.6 is 0 Å². The van der Waals surface area contributed by atoms with Crippen molar-refractivity contribution in [3.63, 3.8) is 0 Å². The Hall–Kier alpha value is -1.23. The van der Waals surface area contributed by atoms with Crippen molar-refractivity contribution in [2.24, 2.45) is 11.8 Å². The molecule has 1 unspecified atom stereocenters. The number of nitrogens with zero attached hydrogens (tertiary/aromatic N) is 3. The van der Waals surface area contributed by atoms with Crippen molar-refractivity contribution in [3.05, 3.63) is 18.2 Å². The molecule has 3 fully saturated rings. The number of fused-ring (bicyclic) bond motifs is 2. The Kier molecular flexibility index (Phi) is 3.76. The van der Waals surface area contributed by atoms with E-state index in [0.29, 0.717) is 12.0 Å². The van der Waals surface area contributed by atoms with Crippen LogP contribution in [0.15, 0.2) is 12.4 Å². The molecule has 0 saturated carbocycles. The summed E-state index contributed by atoms with van der Waals surface area (Å²) in [4.78, 5) is 10.5. The third kappa shape index (κ3) is 2.71. The molecule has 3 aliphatic heterocycles. The molecule has 1 aromatic rings. The SMILES string of the molecule is C[C@H]1C[C@@H](C2C[C@H]3CC[C@@H](C2)N3)CCN1c1ncc(F)cn1. The van der Waals surface area contributed by atoms with Gasteiger partial charge in [0.05, 0.1) is 12.4 Å². The molecule has 0 amide bonds. The maximum atomic E-state index is 13.0. The van der Waals surface area contributed by atoms with Crippen molar-refractivity contribution in [1.82, 2.24) is 15.3 Å². The molecule has 1 aromatic heterocycles. The van der Waals surface area contributed by atoms with Crippen LogP contribution in [0.5, 0.6) is 0 Å². The third-order valence-electron chi connectivity index (χ3n) is 5.96. The van der Waals surface area contributed by atoms with E-state index >= 15 is 0 Å². The Balaban J connectivity index is 1.41. The van der Waals surface area contributed by atoms with E-state index < -0.39 is 0 Å². The van der Waals surface area contributed by atoms with Crippen molar-refractivity contribution < 1.29 is 4.39 Å². The van der Waals surface area contributed by atoms with Crippen LogP contribution in [0.4, 0.5) is 10.3 Å². The van der Waals surface area contributed by atoms with Gasteiger partial charge in [-0.05, 0) is 57.3 Å². The molecule has 4 rings (SSSR count). The van der Waals surface area contributed by atoms with Gasteiger partial charge in [0.1, 0.15) is 0 Å². The number of anilines is 1. The van der Waals surface area contributed by atoms with E-state index in [1.54, 1.807) is 0 Å². The molecular formula is C17H25FN4. The predicted molar refractivity (Wildman–Crippen MR) is 84.2 cm³/mol. The molecule has 0 aliphatic carbocycles. The van der Waals surface area contributed by atoms with Gasteiger partial charge in [0, 0.05) is 24.7 Å². The average Bonchev–Trinajstić information content (AvgIpc) is 2.86. The van der Waals surface area contributed by atoms with Crippen LogP contribution in [0.3, 0.4) is 0 Å². The van der Waals surface area contributed by atoms with Crippen molar-refractivity contribution in [1.29, 1.82) is 0 Å². The van der Waals surface area contributed by atoms with Crippen LogP contribution in [0.1, 0.15) is 45.4 Å². The fraction of sp³-hybridized carbons (Fsp3) is 0.765. The van der Waals surface area contributed by atoms with Crippen LogP contribution in [0.2, 0.25) is 0 Å². The van der Waals surface area contributed by atoms with Gasteiger partial charge in [-0.2, -0.15) is 0 Å². The topological polar surface area (TPSA) is 41.0 Å². The minimum absolute atomic E-state index is 0.364. The van der Waals surface area contributed by atoms with Gasteiger partial charge in [-0.3, -0.25) is 0 Å². The van der Waals surface area contributed by atoms with Crippen molar-refractivity contribution in [2.75, 3.05) is 11.4 Å². The van der Waals surface area contributed by atoms with E-state index in [2.05, 4.69) is 27.1 Å². The Bertz CT molecular complexity index is 508. The van der Waals surface area contributed by atoms with E-state index in [9.17, 15) is 4.39 Å². The van der Waals surface area contributed by atoms with Crippen LogP contribution in [0, 0.1) is 17.7 Å². The summed E-state index contributed by atoms with van der Waals surface area (Å²) in [7, 11) is 0. The molecule has 22 heavy (non-hydrogen) atoms. The number of rotatable bonds is 2. The molecule has 4 nitrogen and oxygen atoms in total. The fourth-order valence-corrected chi connectivity index (χ4v) is 4.87. The van der Waals surface area contributed by atoms with Crippen molar-refractivity contribution >= 4 is 5.95 Å². The molecular weight excluding hydrogens is 279 g/mol. The van der Waals surface area contributed by atoms with Gasteiger partial charge in [-0.1, -0.05) is 0 Å². The smallest absolute Gasteiger partial charge is 0.225 e. The Labute approximate surface area is 131 Å². The highest BCUT2D eigenvalue weighted by molar-refractivity contribution is 5.31. The lowest BCUT2D eigenvalue weighted by molar-refractivity contribution is 0.175. The molecule has 4 heterocycles. The van der Waals surface area contributed by atoms with Crippen LogP contribution in [-0.4, -0.2) is 34.6 Å². The Morgan fingerprint density at radius 2 is 1.73 bits per heavy atom. The zero-order valence-electron chi connectivity index (χ0n) is 13.2. The lowest BCUT2D eigenvalue weighted by Crippen LogP contribution is -2.46. The van der Waals surface area contributed by atoms with E-state index in [1.807, 2.05) is 0 Å². The summed E-state index contributed by atoms with van der Waals surface area (Å²) in [6, 6.07) is 1.99. The molecule has 5 atom stereocenters. The first-order chi connectivity index (χ1) is 10.7. The summed E-state index contributed by atoms with van der Waals surface area (Å²) in [5.41, 5.74) is 0.